The molecule has 134 valence electrons. The fourth-order valence-corrected chi connectivity index (χ4v) is 2.95. The minimum Gasteiger partial charge on any atom is -0.456 e. The summed E-state index contributed by atoms with van der Waals surface area (Å²) in [5.41, 5.74) is 6.71. The molecular weight excluding hydrogens is 337 g/mol. The van der Waals surface area contributed by atoms with E-state index in [4.69, 9.17) is 19.7 Å². The fourth-order valence-electron chi connectivity index (χ4n) is 2.51. The quantitative estimate of drug-likeness (QED) is 0.557. The van der Waals surface area contributed by atoms with Gasteiger partial charge in [-0.05, 0) is 18.6 Å². The van der Waals surface area contributed by atoms with E-state index in [1.807, 2.05) is 6.92 Å². The molecule has 24 heavy (non-hydrogen) atoms. The van der Waals surface area contributed by atoms with Gasteiger partial charge >= 0.3 is 13.8 Å². The number of hydrogen-bond acceptors (Lipinski definition) is 7. The normalized spacial score (nSPS) is 26.1. The third kappa shape index (κ3) is 4.86. The van der Waals surface area contributed by atoms with Gasteiger partial charge in [-0.3, -0.25) is 9.05 Å². The number of phosphoric ester groups is 1. The van der Waals surface area contributed by atoms with Crippen LogP contribution in [0, 0.1) is 0 Å². The molecule has 2 rings (SSSR count). The van der Waals surface area contributed by atoms with Crippen molar-refractivity contribution in [3.8, 4) is 0 Å². The molecule has 0 spiro atoms. The number of rotatable bonds is 7. The second kappa shape index (κ2) is 8.20. The van der Waals surface area contributed by atoms with E-state index >= 15 is 0 Å². The Labute approximate surface area is 140 Å². The van der Waals surface area contributed by atoms with Crippen molar-refractivity contribution >= 4 is 13.8 Å². The minimum atomic E-state index is -4.11. The summed E-state index contributed by atoms with van der Waals surface area (Å²) in [6, 6.07) is 6.92. The largest absolute Gasteiger partial charge is 0.472 e. The first-order chi connectivity index (χ1) is 11.4. The number of phosphoric acid groups is 1. The van der Waals surface area contributed by atoms with Gasteiger partial charge in [0.15, 0.2) is 0 Å². The lowest BCUT2D eigenvalue weighted by atomic mass is 10.1. The summed E-state index contributed by atoms with van der Waals surface area (Å²) in [5, 5.41) is 0. The van der Waals surface area contributed by atoms with Crippen LogP contribution in [0.4, 0.5) is 0 Å². The molecule has 1 aliphatic rings. The maximum Gasteiger partial charge on any atom is 0.472 e. The molecule has 0 saturated carbocycles. The molecule has 1 heterocycles. The summed E-state index contributed by atoms with van der Waals surface area (Å²) < 4.78 is 31.7. The van der Waals surface area contributed by atoms with E-state index in [0.717, 1.165) is 7.11 Å². The lowest BCUT2D eigenvalue weighted by Crippen LogP contribution is -2.31. The van der Waals surface area contributed by atoms with Crippen molar-refractivity contribution in [3.05, 3.63) is 35.4 Å². The zero-order valence-electron chi connectivity index (χ0n) is 13.6. The summed E-state index contributed by atoms with van der Waals surface area (Å²) in [6.07, 6.45) is -0.936. The maximum atomic E-state index is 12.4. The van der Waals surface area contributed by atoms with E-state index in [-0.39, 0.29) is 19.3 Å². The van der Waals surface area contributed by atoms with Crippen LogP contribution in [0.5, 0.6) is 0 Å². The average Bonchev–Trinajstić information content (AvgIpc) is 2.92. The van der Waals surface area contributed by atoms with Crippen LogP contribution >= 0.6 is 7.82 Å². The van der Waals surface area contributed by atoms with E-state index in [9.17, 15) is 14.3 Å². The van der Waals surface area contributed by atoms with Gasteiger partial charge in [0.05, 0.1) is 18.3 Å². The van der Waals surface area contributed by atoms with Gasteiger partial charge in [-0.15, -0.1) is 0 Å². The van der Waals surface area contributed by atoms with E-state index in [1.54, 1.807) is 24.3 Å². The van der Waals surface area contributed by atoms with Gasteiger partial charge in [0.2, 0.25) is 0 Å². The highest BCUT2D eigenvalue weighted by Crippen LogP contribution is 2.42. The smallest absolute Gasteiger partial charge is 0.456 e. The summed E-state index contributed by atoms with van der Waals surface area (Å²) >= 11 is 0. The molecule has 1 saturated heterocycles. The van der Waals surface area contributed by atoms with Crippen molar-refractivity contribution in [2.24, 2.45) is 5.73 Å². The molecule has 0 radical (unpaired) electrons. The van der Waals surface area contributed by atoms with Crippen molar-refractivity contribution in [2.45, 2.75) is 38.2 Å². The second-order valence-electron chi connectivity index (χ2n) is 5.47. The summed E-state index contributed by atoms with van der Waals surface area (Å²) in [4.78, 5) is 21.7. The molecule has 0 aliphatic carbocycles. The summed E-state index contributed by atoms with van der Waals surface area (Å²) in [5.74, 6) is -0.511. The summed E-state index contributed by atoms with van der Waals surface area (Å²) in [7, 11) is -3.04. The van der Waals surface area contributed by atoms with Crippen LogP contribution in [0.3, 0.4) is 0 Å². The van der Waals surface area contributed by atoms with E-state index in [0.29, 0.717) is 17.5 Å². The minimum absolute atomic E-state index is 0.165. The van der Waals surface area contributed by atoms with Gasteiger partial charge in [0.1, 0.15) is 12.2 Å². The molecule has 4 unspecified atom stereocenters. The number of nitrogens with two attached hydrogens (primary N) is 1. The van der Waals surface area contributed by atoms with Gasteiger partial charge in [-0.1, -0.05) is 18.2 Å². The predicted molar refractivity (Wildman–Crippen MR) is 85.3 cm³/mol. The van der Waals surface area contributed by atoms with Crippen LogP contribution in [0.25, 0.3) is 0 Å². The number of carbonyl (C=O) groups excluding carboxylic acids is 1. The Morgan fingerprint density at radius 2 is 2.17 bits per heavy atom. The topological polar surface area (TPSA) is 117 Å². The molecule has 0 amide bonds. The maximum absolute atomic E-state index is 12.4. The monoisotopic (exact) mass is 359 g/mol. The Kier molecular flexibility index (Phi) is 6.51. The highest BCUT2D eigenvalue weighted by molar-refractivity contribution is 7.47. The molecule has 1 aliphatic heterocycles. The Hall–Kier alpha value is -1.28. The van der Waals surface area contributed by atoms with Crippen molar-refractivity contribution in [1.82, 2.24) is 0 Å². The number of ether oxygens (including phenoxy) is 2. The van der Waals surface area contributed by atoms with Crippen molar-refractivity contribution < 1.29 is 32.8 Å². The third-order valence-electron chi connectivity index (χ3n) is 3.73. The highest BCUT2D eigenvalue weighted by Gasteiger charge is 2.38. The van der Waals surface area contributed by atoms with E-state index < -0.39 is 26.0 Å². The van der Waals surface area contributed by atoms with Crippen LogP contribution in [0.1, 0.15) is 29.3 Å². The highest BCUT2D eigenvalue weighted by atomic mass is 31.2. The Morgan fingerprint density at radius 3 is 2.83 bits per heavy atom. The molecule has 1 aromatic carbocycles. The fraction of sp³-hybridized carbons (Fsp3) is 0.533. The van der Waals surface area contributed by atoms with Gasteiger partial charge in [-0.25, -0.2) is 9.36 Å². The van der Waals surface area contributed by atoms with E-state index in [2.05, 4.69) is 4.52 Å². The molecule has 0 bridgehead atoms. The predicted octanol–water partition coefficient (Wildman–Crippen LogP) is 1.61. The van der Waals surface area contributed by atoms with Crippen LogP contribution in [-0.4, -0.2) is 42.9 Å². The van der Waals surface area contributed by atoms with Crippen LogP contribution in [0.2, 0.25) is 0 Å². The number of benzene rings is 1. The first kappa shape index (κ1) is 19.1. The number of hydrogen-bond donors (Lipinski definition) is 2. The van der Waals surface area contributed by atoms with Crippen LogP contribution in [0.15, 0.2) is 24.3 Å². The lowest BCUT2D eigenvalue weighted by molar-refractivity contribution is -0.0312. The molecule has 3 N–H and O–H groups in total. The first-order valence-corrected chi connectivity index (χ1v) is 9.03. The second-order valence-corrected chi connectivity index (χ2v) is 7.03. The SMILES string of the molecule is COP(=O)(O)OCC1OC(C)CC1OC(=O)c1ccccc1CN. The molecule has 4 atom stereocenters. The molecule has 9 heteroatoms. The lowest BCUT2D eigenvalue weighted by Gasteiger charge is -2.20. The van der Waals surface area contributed by atoms with Crippen molar-refractivity contribution in [1.29, 1.82) is 0 Å². The molecule has 0 aromatic heterocycles. The average molecular weight is 359 g/mol. The number of carbonyl (C=O) groups is 1. The molecule has 1 aromatic rings. The first-order valence-electron chi connectivity index (χ1n) is 7.53. The Bertz CT molecular complexity index is 624. The summed E-state index contributed by atoms with van der Waals surface area (Å²) in [6.45, 7) is 1.82. The molecule has 8 nitrogen and oxygen atoms in total. The van der Waals surface area contributed by atoms with Gasteiger partial charge in [0.25, 0.3) is 0 Å². The van der Waals surface area contributed by atoms with Crippen molar-refractivity contribution in [3.63, 3.8) is 0 Å². The van der Waals surface area contributed by atoms with Crippen LogP contribution in [-0.2, 0) is 29.6 Å². The zero-order chi connectivity index (χ0) is 17.7. The standard InChI is InChI=1S/C15H22NO7P/c1-10-7-13(14(22-10)9-21-24(18,19)20-2)23-15(17)12-6-4-3-5-11(12)8-16/h3-6,10,13-14H,7-9,16H2,1-2H3,(H,18,19). The van der Waals surface area contributed by atoms with E-state index in [1.165, 1.54) is 0 Å². The Balaban J connectivity index is 2.03. The molecular formula is C15H22NO7P. The van der Waals surface area contributed by atoms with Gasteiger partial charge in [-0.2, -0.15) is 0 Å². The zero-order valence-corrected chi connectivity index (χ0v) is 14.5. The Morgan fingerprint density at radius 1 is 1.46 bits per heavy atom. The molecule has 1 fully saturated rings. The third-order valence-corrected chi connectivity index (χ3v) is 4.67. The van der Waals surface area contributed by atoms with Gasteiger partial charge < -0.3 is 20.1 Å². The van der Waals surface area contributed by atoms with Gasteiger partial charge in [0, 0.05) is 20.1 Å². The van der Waals surface area contributed by atoms with Crippen LogP contribution < -0.4 is 5.73 Å². The van der Waals surface area contributed by atoms with Crippen molar-refractivity contribution in [2.75, 3.05) is 13.7 Å². The number of esters is 1.